The maximum absolute atomic E-state index is 12.2. The second kappa shape index (κ2) is 4.64. The number of nitrogens with zero attached hydrogens (tertiary/aromatic N) is 1. The molecule has 3 rings (SSSR count). The van der Waals surface area contributed by atoms with Crippen molar-refractivity contribution < 1.29 is 27.6 Å². The van der Waals surface area contributed by atoms with Crippen molar-refractivity contribution in [3.8, 4) is 0 Å². The predicted molar refractivity (Wildman–Crippen MR) is 74.5 cm³/mol. The van der Waals surface area contributed by atoms with Crippen LogP contribution in [0.3, 0.4) is 0 Å². The molecule has 1 aliphatic carbocycles. The molecule has 22 heavy (non-hydrogen) atoms. The second-order valence-electron chi connectivity index (χ2n) is 5.45. The summed E-state index contributed by atoms with van der Waals surface area (Å²) in [5.41, 5.74) is 0.254. The summed E-state index contributed by atoms with van der Waals surface area (Å²) >= 11 is 0. The standard InChI is InChI=1S/C14H13NO6S/c1-22(19,20)14(7-4-8-14)13(18)21-15-11(16)9-5-2-3-6-10(9)12(15)17/h2-3,5-6H,4,7-8H2,1H3. The Morgan fingerprint density at radius 2 is 1.64 bits per heavy atom. The van der Waals surface area contributed by atoms with Crippen molar-refractivity contribution >= 4 is 27.6 Å². The van der Waals surface area contributed by atoms with Crippen LogP contribution in [0.2, 0.25) is 0 Å². The van der Waals surface area contributed by atoms with E-state index in [9.17, 15) is 22.8 Å². The van der Waals surface area contributed by atoms with Gasteiger partial charge in [0.25, 0.3) is 11.8 Å². The number of carbonyl (C=O) groups is 3. The van der Waals surface area contributed by atoms with Crippen molar-refractivity contribution in [1.29, 1.82) is 0 Å². The summed E-state index contributed by atoms with van der Waals surface area (Å²) in [5.74, 6) is -2.61. The Morgan fingerprint density at radius 1 is 1.14 bits per heavy atom. The highest BCUT2D eigenvalue weighted by Crippen LogP contribution is 2.40. The van der Waals surface area contributed by atoms with E-state index in [2.05, 4.69) is 0 Å². The molecule has 1 heterocycles. The van der Waals surface area contributed by atoms with E-state index in [1.54, 1.807) is 12.1 Å². The number of fused-ring (bicyclic) bond motifs is 1. The van der Waals surface area contributed by atoms with Crippen LogP contribution in [-0.4, -0.2) is 42.3 Å². The number of hydroxylamine groups is 2. The van der Waals surface area contributed by atoms with Gasteiger partial charge < -0.3 is 4.84 Å². The normalized spacial score (nSPS) is 19.6. The molecule has 116 valence electrons. The zero-order valence-electron chi connectivity index (χ0n) is 11.7. The van der Waals surface area contributed by atoms with Gasteiger partial charge >= 0.3 is 5.97 Å². The summed E-state index contributed by atoms with van der Waals surface area (Å²) in [6.07, 6.45) is 1.79. The first kappa shape index (κ1) is 14.7. The highest BCUT2D eigenvalue weighted by Gasteiger charge is 2.56. The number of rotatable bonds is 3. The van der Waals surface area contributed by atoms with E-state index in [1.165, 1.54) is 12.1 Å². The first-order valence-corrected chi connectivity index (χ1v) is 8.57. The lowest BCUT2D eigenvalue weighted by atomic mass is 9.84. The summed E-state index contributed by atoms with van der Waals surface area (Å²) in [6, 6.07) is 6.05. The molecule has 7 nitrogen and oxygen atoms in total. The van der Waals surface area contributed by atoms with Crippen molar-refractivity contribution in [2.75, 3.05) is 6.26 Å². The van der Waals surface area contributed by atoms with E-state index in [-0.39, 0.29) is 24.0 Å². The summed E-state index contributed by atoms with van der Waals surface area (Å²) in [5, 5.41) is 0.345. The van der Waals surface area contributed by atoms with Gasteiger partial charge in [-0.05, 0) is 31.4 Å². The Balaban J connectivity index is 1.88. The Hall–Kier alpha value is -2.22. The third-order valence-corrected chi connectivity index (χ3v) is 6.17. The largest absolute Gasteiger partial charge is 0.354 e. The summed E-state index contributed by atoms with van der Waals surface area (Å²) in [7, 11) is -3.69. The smallest absolute Gasteiger partial charge is 0.328 e. The molecule has 2 aliphatic rings. The van der Waals surface area contributed by atoms with E-state index in [1.807, 2.05) is 0 Å². The number of carbonyl (C=O) groups excluding carboxylic acids is 3. The lowest BCUT2D eigenvalue weighted by Crippen LogP contribution is -2.54. The molecule has 0 N–H and O–H groups in total. The molecule has 0 atom stereocenters. The second-order valence-corrected chi connectivity index (χ2v) is 7.77. The topological polar surface area (TPSA) is 97.8 Å². The maximum Gasteiger partial charge on any atom is 0.354 e. The molecule has 1 aromatic carbocycles. The average Bonchev–Trinajstić information content (AvgIpc) is 2.61. The van der Waals surface area contributed by atoms with Crippen LogP contribution in [0, 0.1) is 0 Å². The number of sulfone groups is 1. The predicted octanol–water partition coefficient (Wildman–Crippen LogP) is 0.708. The van der Waals surface area contributed by atoms with Gasteiger partial charge in [0.15, 0.2) is 14.6 Å². The van der Waals surface area contributed by atoms with Crippen LogP contribution in [0.15, 0.2) is 24.3 Å². The summed E-state index contributed by atoms with van der Waals surface area (Å²) in [6.45, 7) is 0. The summed E-state index contributed by atoms with van der Waals surface area (Å²) in [4.78, 5) is 41.3. The zero-order valence-corrected chi connectivity index (χ0v) is 12.6. The Morgan fingerprint density at radius 3 is 2.00 bits per heavy atom. The molecule has 0 bridgehead atoms. The molecule has 1 fully saturated rings. The molecule has 0 spiro atoms. The number of benzene rings is 1. The van der Waals surface area contributed by atoms with Crippen LogP contribution in [0.1, 0.15) is 40.0 Å². The van der Waals surface area contributed by atoms with Crippen molar-refractivity contribution in [3.63, 3.8) is 0 Å². The average molecular weight is 323 g/mol. The molecule has 1 saturated carbocycles. The Labute approximate surface area is 126 Å². The van der Waals surface area contributed by atoms with E-state index < -0.39 is 32.4 Å². The van der Waals surface area contributed by atoms with Crippen molar-refractivity contribution in [3.05, 3.63) is 35.4 Å². The van der Waals surface area contributed by atoms with Gasteiger partial charge in [0, 0.05) is 6.26 Å². The number of hydrogen-bond acceptors (Lipinski definition) is 6. The van der Waals surface area contributed by atoms with Gasteiger partial charge in [0.05, 0.1) is 11.1 Å². The van der Waals surface area contributed by atoms with Crippen LogP contribution in [-0.2, 0) is 19.5 Å². The molecule has 2 amide bonds. The molecule has 0 saturated heterocycles. The molecule has 0 aromatic heterocycles. The lowest BCUT2D eigenvalue weighted by molar-refractivity contribution is -0.174. The molecule has 1 aromatic rings. The lowest BCUT2D eigenvalue weighted by Gasteiger charge is -2.37. The fourth-order valence-electron chi connectivity index (χ4n) is 2.64. The Kier molecular flexibility index (Phi) is 3.10. The van der Waals surface area contributed by atoms with Crippen molar-refractivity contribution in [1.82, 2.24) is 5.06 Å². The van der Waals surface area contributed by atoms with Crippen LogP contribution in [0.25, 0.3) is 0 Å². The molecule has 0 radical (unpaired) electrons. The highest BCUT2D eigenvalue weighted by atomic mass is 32.2. The molecule has 1 aliphatic heterocycles. The SMILES string of the molecule is CS(=O)(=O)C1(C(=O)ON2C(=O)c3ccccc3C2=O)CCC1. The number of amides is 2. The van der Waals surface area contributed by atoms with Crippen LogP contribution in [0.5, 0.6) is 0 Å². The first-order valence-electron chi connectivity index (χ1n) is 6.68. The van der Waals surface area contributed by atoms with Crippen molar-refractivity contribution in [2.24, 2.45) is 0 Å². The van der Waals surface area contributed by atoms with Gasteiger partial charge in [0.1, 0.15) is 0 Å². The maximum atomic E-state index is 12.2. The minimum Gasteiger partial charge on any atom is -0.328 e. The fraction of sp³-hybridized carbons (Fsp3) is 0.357. The van der Waals surface area contributed by atoms with Gasteiger partial charge in [-0.15, -0.1) is 0 Å². The minimum absolute atomic E-state index is 0.127. The van der Waals surface area contributed by atoms with Gasteiger partial charge in [-0.25, -0.2) is 13.2 Å². The van der Waals surface area contributed by atoms with Gasteiger partial charge in [-0.3, -0.25) is 9.59 Å². The van der Waals surface area contributed by atoms with Crippen LogP contribution in [0.4, 0.5) is 0 Å². The number of imide groups is 1. The quantitative estimate of drug-likeness (QED) is 0.760. The fourth-order valence-corrected chi connectivity index (χ4v) is 4.01. The van der Waals surface area contributed by atoms with Crippen LogP contribution >= 0.6 is 0 Å². The van der Waals surface area contributed by atoms with E-state index in [4.69, 9.17) is 4.84 Å². The van der Waals surface area contributed by atoms with Gasteiger partial charge in [0.2, 0.25) is 0 Å². The molecule has 8 heteroatoms. The molecule has 0 unspecified atom stereocenters. The minimum atomic E-state index is -3.69. The van der Waals surface area contributed by atoms with Gasteiger partial charge in [-0.1, -0.05) is 17.2 Å². The van der Waals surface area contributed by atoms with E-state index >= 15 is 0 Å². The molecular formula is C14H13NO6S. The van der Waals surface area contributed by atoms with E-state index in [0.29, 0.717) is 11.5 Å². The van der Waals surface area contributed by atoms with Crippen LogP contribution < -0.4 is 0 Å². The highest BCUT2D eigenvalue weighted by molar-refractivity contribution is 7.93. The third kappa shape index (κ3) is 1.87. The Bertz CT molecular complexity index is 758. The van der Waals surface area contributed by atoms with Gasteiger partial charge in [-0.2, -0.15) is 0 Å². The monoisotopic (exact) mass is 323 g/mol. The zero-order chi connectivity index (χ0) is 16.1. The summed E-state index contributed by atoms with van der Waals surface area (Å²) < 4.78 is 22.0. The first-order chi connectivity index (χ1) is 10.3. The number of hydrogen-bond donors (Lipinski definition) is 0. The molecular weight excluding hydrogens is 310 g/mol. The van der Waals surface area contributed by atoms with Crippen molar-refractivity contribution in [2.45, 2.75) is 24.0 Å². The third-order valence-electron chi connectivity index (χ3n) is 4.17. The van der Waals surface area contributed by atoms with E-state index in [0.717, 1.165) is 6.26 Å².